The smallest absolute Gasteiger partial charge is 0.481 e. The van der Waals surface area contributed by atoms with Crippen molar-refractivity contribution in [1.82, 2.24) is 9.80 Å². The van der Waals surface area contributed by atoms with Crippen LogP contribution in [0.25, 0.3) is 0 Å². The Morgan fingerprint density at radius 1 is 0.881 bits per heavy atom. The Labute approximate surface area is 439 Å². The summed E-state index contributed by atoms with van der Waals surface area (Å²) in [4.78, 5) is 48.5. The molecule has 0 amide bonds. The van der Waals surface area contributed by atoms with Gasteiger partial charge < -0.3 is 84.2 Å². The van der Waals surface area contributed by atoms with Gasteiger partial charge in [-0.2, -0.15) is 0 Å². The van der Waals surface area contributed by atoms with E-state index in [0.29, 0.717) is 13.0 Å². The quantitative estimate of drug-likeness (QED) is 0.0652. The van der Waals surface area contributed by atoms with Gasteiger partial charge >= 0.3 is 83.0 Å². The number of carbonyl (C=O) groups is 4. The van der Waals surface area contributed by atoms with Crippen LogP contribution in [0.4, 0.5) is 0 Å². The van der Waals surface area contributed by atoms with Gasteiger partial charge in [0.2, 0.25) is 0 Å². The van der Waals surface area contributed by atoms with Crippen molar-refractivity contribution in [3.63, 3.8) is 0 Å². The SMILES string of the molecule is CC[C@H]1OC(=O)[C@H](C)[C@@H](O[C@H]2C[C@@](C)(OC)[C@@H](O)[C@H](C)O2)[C@H](C)[C@@H](O[C@@H]2O[C@H](C)C[C@H](N(C)C)[C@H]2O)[C@](C)(O)C[C@@H](C)CN(C)[C@H](C)[C@@H](O)[C@]1(C)O.O=C(O)CC(O)(CC(=O)O)C(=O)O.[Na+].[Na+]. The zero-order valence-electron chi connectivity index (χ0n) is 42.6. The summed E-state index contributed by atoms with van der Waals surface area (Å²) in [6.07, 6.45) is -10.5. The molecule has 3 aliphatic heterocycles. The zero-order valence-corrected chi connectivity index (χ0v) is 46.6. The van der Waals surface area contributed by atoms with Crippen LogP contribution in [0.1, 0.15) is 108 Å². The average molecular weight is 987 g/mol. The molecule has 0 spiro atoms. The molecule has 0 unspecified atom stereocenters. The molecule has 9 N–H and O–H groups in total. The molecule has 3 rings (SSSR count). The van der Waals surface area contributed by atoms with Crippen LogP contribution in [0.15, 0.2) is 0 Å². The third-order valence-corrected chi connectivity index (χ3v) is 13.5. The molecule has 0 saturated carbocycles. The molecule has 18 atom stereocenters. The van der Waals surface area contributed by atoms with Crippen molar-refractivity contribution in [1.29, 1.82) is 0 Å². The Bertz CT molecular complexity index is 1560. The molecule has 21 nitrogen and oxygen atoms in total. The predicted octanol–water partition coefficient (Wildman–Crippen LogP) is -5.34. The fraction of sp³-hybridized carbons (Fsp3) is 0.909. The number of hydrogen-bond acceptors (Lipinski definition) is 18. The third kappa shape index (κ3) is 17.5. The summed E-state index contributed by atoms with van der Waals surface area (Å²) in [6, 6.07) is -0.808. The second-order valence-electron chi connectivity index (χ2n) is 19.6. The zero-order chi connectivity index (χ0) is 50.3. The summed E-state index contributed by atoms with van der Waals surface area (Å²) in [7, 11) is 7.12. The van der Waals surface area contributed by atoms with Crippen LogP contribution in [-0.2, 0) is 47.6 Å². The van der Waals surface area contributed by atoms with E-state index in [9.17, 15) is 44.7 Å². The van der Waals surface area contributed by atoms with Crippen LogP contribution in [0, 0.1) is 17.8 Å². The molecule has 0 aromatic carbocycles. The number of aliphatic hydroxyl groups is 6. The first-order chi connectivity index (χ1) is 29.7. The van der Waals surface area contributed by atoms with Crippen molar-refractivity contribution in [3.05, 3.63) is 0 Å². The Hall–Kier alpha value is -0.640. The van der Waals surface area contributed by atoms with Gasteiger partial charge in [0.15, 0.2) is 18.2 Å². The van der Waals surface area contributed by atoms with Crippen molar-refractivity contribution < 1.29 is 153 Å². The van der Waals surface area contributed by atoms with E-state index in [4.69, 9.17) is 48.8 Å². The van der Waals surface area contributed by atoms with Gasteiger partial charge in [0, 0.05) is 38.1 Å². The van der Waals surface area contributed by atoms with Gasteiger partial charge in [-0.05, 0) is 94.8 Å². The Morgan fingerprint density at radius 2 is 1.42 bits per heavy atom. The fourth-order valence-electron chi connectivity index (χ4n) is 9.45. The van der Waals surface area contributed by atoms with E-state index >= 15 is 0 Å². The second kappa shape index (κ2) is 27.4. The van der Waals surface area contributed by atoms with Gasteiger partial charge in [-0.25, -0.2) is 4.79 Å². The summed E-state index contributed by atoms with van der Waals surface area (Å²) in [5.74, 6) is -7.60. The topological polar surface area (TPSA) is 312 Å². The molecule has 3 aliphatic rings. The van der Waals surface area contributed by atoms with Crippen LogP contribution in [-0.4, -0.2) is 210 Å². The van der Waals surface area contributed by atoms with Crippen LogP contribution in [0.2, 0.25) is 0 Å². The minimum Gasteiger partial charge on any atom is -0.481 e. The minimum absolute atomic E-state index is 0. The molecule has 0 radical (unpaired) electrons. The van der Waals surface area contributed by atoms with Gasteiger partial charge in [-0.15, -0.1) is 0 Å². The normalized spacial score (nSPS) is 40.6. The molecular weight excluding hydrogens is 906 g/mol. The molecule has 380 valence electrons. The van der Waals surface area contributed by atoms with E-state index in [1.807, 2.05) is 51.7 Å². The molecule has 67 heavy (non-hydrogen) atoms. The van der Waals surface area contributed by atoms with E-state index in [-0.39, 0.29) is 96.4 Å². The minimum atomic E-state index is -2.74. The number of likely N-dealkylation sites (N-methyl/N-ethyl adjacent to an activating group) is 2. The van der Waals surface area contributed by atoms with Gasteiger partial charge in [-0.1, -0.05) is 20.8 Å². The Kier molecular flexibility index (Phi) is 27.2. The van der Waals surface area contributed by atoms with Crippen molar-refractivity contribution in [2.75, 3.05) is 34.8 Å². The number of ether oxygens (including phenoxy) is 6. The van der Waals surface area contributed by atoms with Gasteiger partial charge in [0.05, 0.1) is 54.4 Å². The molecule has 0 aromatic heterocycles. The molecular formula is C44H80N2Na2O19+2. The van der Waals surface area contributed by atoms with Gasteiger partial charge in [-0.3, -0.25) is 14.4 Å². The average Bonchev–Trinajstić information content (AvgIpc) is 3.18. The van der Waals surface area contributed by atoms with Gasteiger partial charge in [0.25, 0.3) is 0 Å². The van der Waals surface area contributed by atoms with Crippen LogP contribution in [0.3, 0.4) is 0 Å². The molecule has 23 heteroatoms. The maximum atomic E-state index is 14.2. The number of methoxy groups -OCH3 is 1. The number of aliphatic carboxylic acids is 3. The van der Waals surface area contributed by atoms with E-state index in [1.54, 1.807) is 41.5 Å². The molecule has 3 saturated heterocycles. The van der Waals surface area contributed by atoms with Crippen LogP contribution in [0.5, 0.6) is 0 Å². The number of cyclic esters (lactones) is 1. The van der Waals surface area contributed by atoms with E-state index in [1.165, 1.54) is 14.0 Å². The van der Waals surface area contributed by atoms with Crippen molar-refractivity contribution in [2.45, 2.75) is 204 Å². The number of carboxylic acids is 3. The first-order valence-electron chi connectivity index (χ1n) is 22.3. The summed E-state index contributed by atoms with van der Waals surface area (Å²) in [5.41, 5.74) is -7.11. The number of carboxylic acid groups (broad SMARTS) is 3. The summed E-state index contributed by atoms with van der Waals surface area (Å²) in [5, 5.41) is 91.9. The van der Waals surface area contributed by atoms with Crippen molar-refractivity contribution >= 4 is 23.9 Å². The van der Waals surface area contributed by atoms with Crippen LogP contribution < -0.4 is 59.1 Å². The molecule has 3 fully saturated rings. The number of hydrogen-bond donors (Lipinski definition) is 9. The summed E-state index contributed by atoms with van der Waals surface area (Å²) >= 11 is 0. The number of carbonyl (C=O) groups excluding carboxylic acids is 1. The monoisotopic (exact) mass is 987 g/mol. The largest absolute Gasteiger partial charge is 1.00 e. The maximum absolute atomic E-state index is 14.2. The third-order valence-electron chi connectivity index (χ3n) is 13.5. The fourth-order valence-corrected chi connectivity index (χ4v) is 9.45. The number of rotatable bonds is 12. The molecule has 0 bridgehead atoms. The van der Waals surface area contributed by atoms with Crippen molar-refractivity contribution in [2.24, 2.45) is 17.8 Å². The molecule has 3 heterocycles. The number of nitrogens with zero attached hydrogens (tertiary/aromatic N) is 2. The second-order valence-corrected chi connectivity index (χ2v) is 19.6. The number of esters is 1. The first kappa shape index (κ1) is 66.4. The van der Waals surface area contributed by atoms with E-state index in [0.717, 1.165) is 0 Å². The van der Waals surface area contributed by atoms with E-state index in [2.05, 4.69) is 0 Å². The summed E-state index contributed by atoms with van der Waals surface area (Å²) in [6.45, 7) is 18.0. The molecule has 0 aliphatic carbocycles. The standard InChI is InChI=1S/C38H72N2O12.C6H8O7.2Na/c1-15-27-38(10,46)31(42)24(6)40(13)19-20(2)17-36(8,45)33(52-35-29(41)26(39(11)12)16-21(3)48-35)22(4)30(23(5)34(44)50-27)51-28-18-37(9,47-14)32(43)25(7)49-28;7-3(8)1-6(13,5(11)12)2-4(9)10;;/h20-33,35,41-43,45-46H,15-19H2,1-14H3;13H,1-2H2,(H,7,8)(H,9,10)(H,11,12);;/q;;2*+1/t20-,21-,22+,23-,24-,25+,26+,27-,28+,29-,30+,31-,32+,33-,35+,36-,37-,38-;;;/m1.../s1. The molecule has 0 aromatic rings. The number of aliphatic hydroxyl groups excluding tert-OH is 3. The van der Waals surface area contributed by atoms with Gasteiger partial charge in [0.1, 0.15) is 30.0 Å². The first-order valence-corrected chi connectivity index (χ1v) is 22.3. The summed E-state index contributed by atoms with van der Waals surface area (Å²) < 4.78 is 37.5. The maximum Gasteiger partial charge on any atom is 1.00 e. The Morgan fingerprint density at radius 3 is 1.88 bits per heavy atom. The predicted molar refractivity (Wildman–Crippen MR) is 231 cm³/mol. The van der Waals surface area contributed by atoms with Crippen LogP contribution >= 0.6 is 0 Å². The Balaban J connectivity index is 0.00000252. The van der Waals surface area contributed by atoms with Crippen molar-refractivity contribution in [3.8, 4) is 0 Å². The van der Waals surface area contributed by atoms with E-state index < -0.39 is 132 Å².